The summed E-state index contributed by atoms with van der Waals surface area (Å²) in [5, 5.41) is 2.84. The fourth-order valence-electron chi connectivity index (χ4n) is 1.80. The molecule has 8 heteroatoms. The second-order valence-corrected chi connectivity index (χ2v) is 5.46. The van der Waals surface area contributed by atoms with E-state index < -0.39 is 18.5 Å². The number of rotatable bonds is 6. The van der Waals surface area contributed by atoms with Crippen molar-refractivity contribution in [3.63, 3.8) is 0 Å². The molecule has 1 amide bonds. The van der Waals surface area contributed by atoms with E-state index in [1.165, 1.54) is 12.1 Å². The molecule has 0 aliphatic heterocycles. The van der Waals surface area contributed by atoms with Gasteiger partial charge < -0.3 is 14.8 Å². The number of nitrogens with zero attached hydrogens (tertiary/aromatic N) is 1. The molecule has 1 aromatic heterocycles. The summed E-state index contributed by atoms with van der Waals surface area (Å²) in [7, 11) is 1.56. The summed E-state index contributed by atoms with van der Waals surface area (Å²) in [6, 6.07) is 10.1. The molecular weight excluding hydrogens is 355 g/mol. The Labute approximate surface area is 148 Å². The zero-order valence-corrected chi connectivity index (χ0v) is 14.2. The molecule has 0 spiro atoms. The SMILES string of the molecule is COc1cccc(CNC(=O)COC(=O)c2nc(Cl)ccc2Cl)c1. The van der Waals surface area contributed by atoms with Gasteiger partial charge in [-0.1, -0.05) is 35.3 Å². The van der Waals surface area contributed by atoms with Gasteiger partial charge in [0.1, 0.15) is 10.9 Å². The number of methoxy groups -OCH3 is 1. The van der Waals surface area contributed by atoms with Gasteiger partial charge in [0.15, 0.2) is 12.3 Å². The Morgan fingerprint density at radius 3 is 2.75 bits per heavy atom. The molecule has 0 saturated carbocycles. The van der Waals surface area contributed by atoms with Crippen molar-refractivity contribution in [1.82, 2.24) is 10.3 Å². The number of ether oxygens (including phenoxy) is 2. The van der Waals surface area contributed by atoms with Crippen molar-refractivity contribution in [3.8, 4) is 5.75 Å². The minimum absolute atomic E-state index is 0.0983. The molecule has 0 bridgehead atoms. The number of nitrogens with one attached hydrogen (secondary N) is 1. The summed E-state index contributed by atoms with van der Waals surface area (Å²) in [4.78, 5) is 27.4. The van der Waals surface area contributed by atoms with Crippen molar-refractivity contribution in [3.05, 3.63) is 57.8 Å². The first-order chi connectivity index (χ1) is 11.5. The fraction of sp³-hybridized carbons (Fsp3) is 0.188. The number of pyridine rings is 1. The van der Waals surface area contributed by atoms with Crippen molar-refractivity contribution in [2.45, 2.75) is 6.54 Å². The van der Waals surface area contributed by atoms with E-state index in [9.17, 15) is 9.59 Å². The van der Waals surface area contributed by atoms with Gasteiger partial charge in [0.05, 0.1) is 12.1 Å². The highest BCUT2D eigenvalue weighted by Gasteiger charge is 2.16. The highest BCUT2D eigenvalue weighted by molar-refractivity contribution is 6.34. The van der Waals surface area contributed by atoms with Crippen LogP contribution in [0.3, 0.4) is 0 Å². The average Bonchev–Trinajstić information content (AvgIpc) is 2.60. The zero-order chi connectivity index (χ0) is 17.5. The maximum Gasteiger partial charge on any atom is 0.359 e. The van der Waals surface area contributed by atoms with E-state index in [1.807, 2.05) is 12.1 Å². The number of hydrogen-bond donors (Lipinski definition) is 1. The number of aromatic nitrogens is 1. The van der Waals surface area contributed by atoms with Crippen LogP contribution in [0.2, 0.25) is 10.2 Å². The topological polar surface area (TPSA) is 77.5 Å². The van der Waals surface area contributed by atoms with Gasteiger partial charge in [0.25, 0.3) is 5.91 Å². The largest absolute Gasteiger partial charge is 0.497 e. The van der Waals surface area contributed by atoms with Gasteiger partial charge in [0.2, 0.25) is 0 Å². The number of carbonyl (C=O) groups is 2. The minimum Gasteiger partial charge on any atom is -0.497 e. The van der Waals surface area contributed by atoms with E-state index in [0.29, 0.717) is 5.75 Å². The van der Waals surface area contributed by atoms with Gasteiger partial charge in [0, 0.05) is 6.54 Å². The zero-order valence-electron chi connectivity index (χ0n) is 12.7. The molecule has 0 radical (unpaired) electrons. The monoisotopic (exact) mass is 368 g/mol. The predicted octanol–water partition coefficient (Wildman–Crippen LogP) is 2.87. The minimum atomic E-state index is -0.820. The second-order valence-electron chi connectivity index (χ2n) is 4.67. The molecule has 0 saturated heterocycles. The standard InChI is InChI=1S/C16H14Cl2N2O4/c1-23-11-4-2-3-10(7-11)8-19-14(21)9-24-16(22)15-12(17)5-6-13(18)20-15/h2-7H,8-9H2,1H3,(H,19,21). The molecule has 24 heavy (non-hydrogen) atoms. The first-order valence-corrected chi connectivity index (χ1v) is 7.64. The van der Waals surface area contributed by atoms with Crippen LogP contribution in [-0.4, -0.2) is 30.6 Å². The van der Waals surface area contributed by atoms with Crippen LogP contribution in [0.5, 0.6) is 5.75 Å². The summed E-state index contributed by atoms with van der Waals surface area (Å²) in [6.07, 6.45) is 0. The van der Waals surface area contributed by atoms with E-state index in [1.54, 1.807) is 19.2 Å². The Bertz CT molecular complexity index is 753. The molecule has 2 rings (SSSR count). The van der Waals surface area contributed by atoms with Gasteiger partial charge in [-0.05, 0) is 29.8 Å². The van der Waals surface area contributed by atoms with Crippen molar-refractivity contribution >= 4 is 35.1 Å². The van der Waals surface area contributed by atoms with Gasteiger partial charge in [-0.3, -0.25) is 4.79 Å². The third kappa shape index (κ3) is 5.11. The molecule has 1 N–H and O–H groups in total. The molecule has 0 atom stereocenters. The number of esters is 1. The van der Waals surface area contributed by atoms with Gasteiger partial charge in [-0.25, -0.2) is 9.78 Å². The molecule has 0 aliphatic carbocycles. The Morgan fingerprint density at radius 2 is 2.00 bits per heavy atom. The van der Waals surface area contributed by atoms with Crippen LogP contribution in [0.15, 0.2) is 36.4 Å². The lowest BCUT2D eigenvalue weighted by Crippen LogP contribution is -2.28. The molecule has 1 aromatic carbocycles. The van der Waals surface area contributed by atoms with Crippen LogP contribution >= 0.6 is 23.2 Å². The Kier molecular flexibility index (Phi) is 6.40. The quantitative estimate of drug-likeness (QED) is 0.626. The average molecular weight is 369 g/mol. The first-order valence-electron chi connectivity index (χ1n) is 6.88. The summed E-state index contributed by atoms with van der Waals surface area (Å²) in [6.45, 7) is -0.170. The number of hydrogen-bond acceptors (Lipinski definition) is 5. The Hall–Kier alpha value is -2.31. The van der Waals surface area contributed by atoms with Crippen molar-refractivity contribution in [2.75, 3.05) is 13.7 Å². The van der Waals surface area contributed by atoms with Crippen LogP contribution in [0.25, 0.3) is 0 Å². The normalized spacial score (nSPS) is 10.1. The van der Waals surface area contributed by atoms with Crippen molar-refractivity contribution in [1.29, 1.82) is 0 Å². The van der Waals surface area contributed by atoms with E-state index in [-0.39, 0.29) is 22.4 Å². The van der Waals surface area contributed by atoms with E-state index in [2.05, 4.69) is 10.3 Å². The van der Waals surface area contributed by atoms with E-state index >= 15 is 0 Å². The Balaban J connectivity index is 1.84. The van der Waals surface area contributed by atoms with Crippen molar-refractivity contribution < 1.29 is 19.1 Å². The molecule has 0 aliphatic rings. The lowest BCUT2D eigenvalue weighted by Gasteiger charge is -2.08. The maximum absolute atomic E-state index is 11.9. The van der Waals surface area contributed by atoms with Gasteiger partial charge >= 0.3 is 5.97 Å². The smallest absolute Gasteiger partial charge is 0.359 e. The summed E-state index contributed by atoms with van der Waals surface area (Å²) < 4.78 is 9.98. The summed E-state index contributed by atoms with van der Waals surface area (Å²) in [5.74, 6) is -0.585. The van der Waals surface area contributed by atoms with E-state index in [4.69, 9.17) is 32.7 Å². The lowest BCUT2D eigenvalue weighted by molar-refractivity contribution is -0.124. The molecule has 0 unspecified atom stereocenters. The summed E-state index contributed by atoms with van der Waals surface area (Å²) in [5.41, 5.74) is 0.721. The molecule has 126 valence electrons. The number of carbonyl (C=O) groups excluding carboxylic acids is 2. The molecular formula is C16H14Cl2N2O4. The predicted molar refractivity (Wildman–Crippen MR) is 89.4 cm³/mol. The highest BCUT2D eigenvalue weighted by Crippen LogP contribution is 2.17. The van der Waals surface area contributed by atoms with Crippen molar-refractivity contribution in [2.24, 2.45) is 0 Å². The van der Waals surface area contributed by atoms with Crippen LogP contribution in [0.4, 0.5) is 0 Å². The van der Waals surface area contributed by atoms with Gasteiger partial charge in [-0.2, -0.15) is 0 Å². The van der Waals surface area contributed by atoms with Gasteiger partial charge in [-0.15, -0.1) is 0 Å². The van der Waals surface area contributed by atoms with Crippen LogP contribution in [-0.2, 0) is 16.1 Å². The summed E-state index contributed by atoms with van der Waals surface area (Å²) >= 11 is 11.5. The third-order valence-corrected chi connectivity index (χ3v) is 3.48. The van der Waals surface area contributed by atoms with Crippen LogP contribution in [0, 0.1) is 0 Å². The molecule has 1 heterocycles. The molecule has 2 aromatic rings. The number of benzene rings is 1. The third-order valence-electron chi connectivity index (χ3n) is 2.96. The number of amides is 1. The second kappa shape index (κ2) is 8.52. The fourth-order valence-corrected chi connectivity index (χ4v) is 2.12. The van der Waals surface area contributed by atoms with E-state index in [0.717, 1.165) is 5.56 Å². The molecule has 0 fully saturated rings. The number of halogens is 2. The Morgan fingerprint density at radius 1 is 1.21 bits per heavy atom. The van der Waals surface area contributed by atoms with Crippen LogP contribution in [0.1, 0.15) is 16.1 Å². The molecule has 6 nitrogen and oxygen atoms in total. The first kappa shape index (κ1) is 18.0. The lowest BCUT2D eigenvalue weighted by atomic mass is 10.2. The maximum atomic E-state index is 11.9. The van der Waals surface area contributed by atoms with Crippen LogP contribution < -0.4 is 10.1 Å². The highest BCUT2D eigenvalue weighted by atomic mass is 35.5.